The van der Waals surface area contributed by atoms with Gasteiger partial charge in [0.25, 0.3) is 0 Å². The van der Waals surface area contributed by atoms with Gasteiger partial charge in [-0.25, -0.2) is 0 Å². The molecule has 1 amide bonds. The van der Waals surface area contributed by atoms with E-state index in [4.69, 9.17) is 9.47 Å². The molecule has 1 aliphatic rings. The van der Waals surface area contributed by atoms with Crippen molar-refractivity contribution < 1.29 is 14.3 Å². The van der Waals surface area contributed by atoms with Gasteiger partial charge in [0, 0.05) is 12.6 Å². The van der Waals surface area contributed by atoms with Gasteiger partial charge in [-0.05, 0) is 49.9 Å². The smallest absolute Gasteiger partial charge is 0.237 e. The maximum Gasteiger partial charge on any atom is 0.237 e. The maximum atomic E-state index is 12.0. The lowest BCUT2D eigenvalue weighted by Gasteiger charge is -2.30. The Balaban J connectivity index is 2.15. The Morgan fingerprint density at radius 3 is 2.52 bits per heavy atom. The van der Waals surface area contributed by atoms with Crippen molar-refractivity contribution in [2.24, 2.45) is 0 Å². The van der Waals surface area contributed by atoms with E-state index in [9.17, 15) is 4.79 Å². The average molecular weight is 292 g/mol. The quantitative estimate of drug-likeness (QED) is 0.867. The Hall–Kier alpha value is -1.75. The Labute approximate surface area is 126 Å². The number of nitrogens with one attached hydrogen (secondary N) is 2. The average Bonchev–Trinajstić information content (AvgIpc) is 2.54. The van der Waals surface area contributed by atoms with Crippen molar-refractivity contribution in [3.8, 4) is 11.5 Å². The van der Waals surface area contributed by atoms with Crippen molar-refractivity contribution in [1.29, 1.82) is 0 Å². The molecule has 0 spiro atoms. The summed E-state index contributed by atoms with van der Waals surface area (Å²) in [7, 11) is 3.30. The molecule has 2 atom stereocenters. The third kappa shape index (κ3) is 3.88. The van der Waals surface area contributed by atoms with Crippen LogP contribution in [0.2, 0.25) is 0 Å². The number of piperidine rings is 1. The van der Waals surface area contributed by atoms with Crippen LogP contribution < -0.4 is 20.1 Å². The molecule has 5 heteroatoms. The molecule has 1 aromatic carbocycles. The molecule has 0 bridgehead atoms. The van der Waals surface area contributed by atoms with E-state index in [0.29, 0.717) is 12.5 Å². The first-order valence-corrected chi connectivity index (χ1v) is 7.42. The summed E-state index contributed by atoms with van der Waals surface area (Å²) in [4.78, 5) is 12.0. The third-order valence-corrected chi connectivity index (χ3v) is 3.92. The van der Waals surface area contributed by atoms with E-state index < -0.39 is 0 Å². The zero-order valence-corrected chi connectivity index (χ0v) is 12.9. The van der Waals surface area contributed by atoms with E-state index >= 15 is 0 Å². The highest BCUT2D eigenvalue weighted by Gasteiger charge is 2.27. The second-order valence-electron chi connectivity index (χ2n) is 5.27. The van der Waals surface area contributed by atoms with E-state index in [-0.39, 0.29) is 11.9 Å². The summed E-state index contributed by atoms with van der Waals surface area (Å²) in [6, 6.07) is 5.81. The molecular formula is C16H24N2O3. The highest BCUT2D eigenvalue weighted by atomic mass is 16.5. The van der Waals surface area contributed by atoms with Crippen LogP contribution in [-0.2, 0) is 4.79 Å². The normalized spacial score (nSPS) is 21.7. The van der Waals surface area contributed by atoms with Crippen LogP contribution in [0.25, 0.3) is 0 Å². The van der Waals surface area contributed by atoms with Gasteiger partial charge >= 0.3 is 0 Å². The number of carbonyl (C=O) groups excluding carboxylic acids is 1. The number of carbonyl (C=O) groups is 1. The minimum atomic E-state index is -0.124. The van der Waals surface area contributed by atoms with Crippen LogP contribution in [0.15, 0.2) is 18.2 Å². The SMILES string of the molecule is CCNC(=O)C1CC(c2cc(OC)cc(OC)c2)CCN1. The molecule has 5 nitrogen and oxygen atoms in total. The van der Waals surface area contributed by atoms with E-state index in [0.717, 1.165) is 30.9 Å². The molecule has 1 heterocycles. The standard InChI is InChI=1S/C16H24N2O3/c1-4-17-16(19)15-9-11(5-6-18-15)12-7-13(20-2)10-14(8-12)21-3/h7-8,10-11,15,18H,4-6,9H2,1-3H3,(H,17,19). The van der Waals surface area contributed by atoms with Gasteiger partial charge in [-0.15, -0.1) is 0 Å². The maximum absolute atomic E-state index is 12.0. The molecule has 116 valence electrons. The number of rotatable bonds is 5. The molecule has 0 saturated carbocycles. The lowest BCUT2D eigenvalue weighted by Crippen LogP contribution is -2.48. The minimum Gasteiger partial charge on any atom is -0.497 e. The Morgan fingerprint density at radius 1 is 1.29 bits per heavy atom. The minimum absolute atomic E-state index is 0.0806. The van der Waals surface area contributed by atoms with E-state index in [1.54, 1.807) is 14.2 Å². The fourth-order valence-electron chi connectivity index (χ4n) is 2.78. The summed E-state index contributed by atoms with van der Waals surface area (Å²) in [6.07, 6.45) is 1.80. The van der Waals surface area contributed by atoms with Gasteiger partial charge in [0.05, 0.1) is 20.3 Å². The van der Waals surface area contributed by atoms with Crippen LogP contribution in [0.4, 0.5) is 0 Å². The zero-order valence-electron chi connectivity index (χ0n) is 12.9. The third-order valence-electron chi connectivity index (χ3n) is 3.92. The lowest BCUT2D eigenvalue weighted by molar-refractivity contribution is -0.123. The molecule has 2 rings (SSSR count). The van der Waals surface area contributed by atoms with Gasteiger partial charge < -0.3 is 20.1 Å². The first-order valence-electron chi connectivity index (χ1n) is 7.42. The summed E-state index contributed by atoms with van der Waals surface area (Å²) < 4.78 is 10.7. The Bertz CT molecular complexity index is 468. The number of hydrogen-bond donors (Lipinski definition) is 2. The molecule has 0 aliphatic carbocycles. The van der Waals surface area contributed by atoms with Gasteiger partial charge in [0.1, 0.15) is 11.5 Å². The van der Waals surface area contributed by atoms with Gasteiger partial charge in [0.2, 0.25) is 5.91 Å². The molecule has 1 saturated heterocycles. The number of hydrogen-bond acceptors (Lipinski definition) is 4. The van der Waals surface area contributed by atoms with E-state index in [1.807, 2.05) is 25.1 Å². The van der Waals surface area contributed by atoms with E-state index in [1.165, 1.54) is 5.56 Å². The van der Waals surface area contributed by atoms with Crippen LogP contribution in [0.5, 0.6) is 11.5 Å². The van der Waals surface area contributed by atoms with Crippen molar-refractivity contribution in [1.82, 2.24) is 10.6 Å². The van der Waals surface area contributed by atoms with Crippen molar-refractivity contribution in [3.05, 3.63) is 23.8 Å². The molecule has 0 radical (unpaired) electrons. The predicted octanol–water partition coefficient (Wildman–Crippen LogP) is 1.68. The van der Waals surface area contributed by atoms with Crippen LogP contribution in [-0.4, -0.2) is 39.3 Å². The molecule has 0 aromatic heterocycles. The summed E-state index contributed by atoms with van der Waals surface area (Å²) in [5, 5.41) is 6.17. The summed E-state index contributed by atoms with van der Waals surface area (Å²) >= 11 is 0. The fraction of sp³-hybridized carbons (Fsp3) is 0.562. The summed E-state index contributed by atoms with van der Waals surface area (Å²) in [5.74, 6) is 2.00. The second-order valence-corrected chi connectivity index (χ2v) is 5.27. The molecule has 21 heavy (non-hydrogen) atoms. The molecule has 1 aliphatic heterocycles. The zero-order chi connectivity index (χ0) is 15.2. The predicted molar refractivity (Wildman–Crippen MR) is 82.0 cm³/mol. The number of benzene rings is 1. The summed E-state index contributed by atoms with van der Waals surface area (Å²) in [5.41, 5.74) is 1.17. The molecular weight excluding hydrogens is 268 g/mol. The highest BCUT2D eigenvalue weighted by Crippen LogP contribution is 2.33. The molecule has 2 unspecified atom stereocenters. The van der Waals surface area contributed by atoms with Gasteiger partial charge in [-0.3, -0.25) is 4.79 Å². The van der Waals surface area contributed by atoms with Crippen molar-refractivity contribution in [2.75, 3.05) is 27.3 Å². The second kappa shape index (κ2) is 7.31. The van der Waals surface area contributed by atoms with Crippen LogP contribution in [0.3, 0.4) is 0 Å². The fourth-order valence-corrected chi connectivity index (χ4v) is 2.78. The Kier molecular flexibility index (Phi) is 5.44. The van der Waals surface area contributed by atoms with Crippen LogP contribution >= 0.6 is 0 Å². The monoisotopic (exact) mass is 292 g/mol. The van der Waals surface area contributed by atoms with Gasteiger partial charge in [-0.2, -0.15) is 0 Å². The van der Waals surface area contributed by atoms with Crippen molar-refractivity contribution in [3.63, 3.8) is 0 Å². The highest BCUT2D eigenvalue weighted by molar-refractivity contribution is 5.81. The topological polar surface area (TPSA) is 59.6 Å². The summed E-state index contributed by atoms with van der Waals surface area (Å²) in [6.45, 7) is 3.44. The van der Waals surface area contributed by atoms with E-state index in [2.05, 4.69) is 10.6 Å². The van der Waals surface area contributed by atoms with Crippen molar-refractivity contribution in [2.45, 2.75) is 31.7 Å². The Morgan fingerprint density at radius 2 is 1.95 bits per heavy atom. The lowest BCUT2D eigenvalue weighted by atomic mass is 9.86. The molecule has 1 aromatic rings. The van der Waals surface area contributed by atoms with Gasteiger partial charge in [0.15, 0.2) is 0 Å². The molecule has 2 N–H and O–H groups in total. The number of likely N-dealkylation sites (N-methyl/N-ethyl adjacent to an activating group) is 1. The number of amides is 1. The van der Waals surface area contributed by atoms with Crippen LogP contribution in [0.1, 0.15) is 31.2 Å². The first kappa shape index (κ1) is 15.6. The largest absolute Gasteiger partial charge is 0.497 e. The number of ether oxygens (including phenoxy) is 2. The van der Waals surface area contributed by atoms with Crippen molar-refractivity contribution >= 4 is 5.91 Å². The van der Waals surface area contributed by atoms with Gasteiger partial charge in [-0.1, -0.05) is 0 Å². The van der Waals surface area contributed by atoms with Crippen LogP contribution in [0, 0.1) is 0 Å². The number of methoxy groups -OCH3 is 2. The molecule has 1 fully saturated rings. The first-order chi connectivity index (χ1) is 10.2.